The Morgan fingerprint density at radius 1 is 1.17 bits per heavy atom. The van der Waals surface area contributed by atoms with Crippen molar-refractivity contribution in [1.29, 1.82) is 0 Å². The van der Waals surface area contributed by atoms with Crippen molar-refractivity contribution in [2.75, 3.05) is 17.6 Å². The third-order valence-corrected chi connectivity index (χ3v) is 6.73. The quantitative estimate of drug-likeness (QED) is 0.477. The molecule has 0 unspecified atom stereocenters. The van der Waals surface area contributed by atoms with Gasteiger partial charge in [0.15, 0.2) is 5.13 Å². The van der Waals surface area contributed by atoms with Crippen LogP contribution < -0.4 is 5.32 Å². The molecule has 2 aromatic carbocycles. The molecule has 1 N–H and O–H groups in total. The predicted octanol–water partition coefficient (Wildman–Crippen LogP) is 5.38. The van der Waals surface area contributed by atoms with E-state index in [-0.39, 0.29) is 24.1 Å². The van der Waals surface area contributed by atoms with E-state index in [0.717, 1.165) is 36.6 Å². The van der Waals surface area contributed by atoms with Gasteiger partial charge in [-0.1, -0.05) is 30.3 Å². The summed E-state index contributed by atoms with van der Waals surface area (Å²) in [6, 6.07) is 16.8. The Bertz CT molecular complexity index is 966. The molecule has 0 saturated heterocycles. The summed E-state index contributed by atoms with van der Waals surface area (Å²) in [6.45, 7) is 2.78. The molecule has 0 aliphatic carbocycles. The Balaban J connectivity index is 0.00000256. The first kappa shape index (κ1) is 22.7. The van der Waals surface area contributed by atoms with Crippen LogP contribution >= 0.6 is 35.5 Å². The van der Waals surface area contributed by atoms with Gasteiger partial charge < -0.3 is 5.32 Å². The fourth-order valence-corrected chi connectivity index (χ4v) is 5.17. The maximum atomic E-state index is 12.9. The Kier molecular flexibility index (Phi) is 8.27. The number of aromatic nitrogens is 1. The fourth-order valence-electron chi connectivity index (χ4n) is 3.25. The van der Waals surface area contributed by atoms with E-state index >= 15 is 0 Å². The molecular weight excluding hydrogens is 441 g/mol. The zero-order valence-corrected chi connectivity index (χ0v) is 18.8. The Hall–Kier alpha value is -1.93. The Labute approximate surface area is 190 Å². The molecule has 1 aliphatic rings. The zero-order chi connectivity index (χ0) is 20.1. The molecule has 0 radical (unpaired) electrons. The van der Waals surface area contributed by atoms with Crippen LogP contribution in [0.5, 0.6) is 0 Å². The van der Waals surface area contributed by atoms with Crippen LogP contribution in [0.4, 0.5) is 9.52 Å². The minimum atomic E-state index is -0.248. The number of thioether (sulfide) groups is 1. The Morgan fingerprint density at radius 2 is 1.93 bits per heavy atom. The van der Waals surface area contributed by atoms with E-state index < -0.39 is 0 Å². The molecule has 0 atom stereocenters. The molecule has 30 heavy (non-hydrogen) atoms. The van der Waals surface area contributed by atoms with Gasteiger partial charge in [-0.3, -0.25) is 9.69 Å². The number of halogens is 2. The number of nitrogens with zero attached hydrogens (tertiary/aromatic N) is 2. The molecule has 1 aliphatic heterocycles. The van der Waals surface area contributed by atoms with E-state index in [1.807, 2.05) is 6.07 Å². The van der Waals surface area contributed by atoms with Gasteiger partial charge in [0.25, 0.3) is 0 Å². The van der Waals surface area contributed by atoms with Crippen LogP contribution in [0.3, 0.4) is 0 Å². The molecule has 8 heteroatoms. The van der Waals surface area contributed by atoms with Crippen molar-refractivity contribution < 1.29 is 9.18 Å². The number of carbonyl (C=O) groups excluding carboxylic acids is 1. The van der Waals surface area contributed by atoms with Gasteiger partial charge in [0.1, 0.15) is 5.82 Å². The summed E-state index contributed by atoms with van der Waals surface area (Å²) in [4.78, 5) is 21.5. The SMILES string of the molecule is Cl.O=C(CCSc1ccc(F)cc1)Nc1nc2c(s1)CN(Cc1ccccc1)CC2. The number of carbonyl (C=O) groups is 1. The van der Waals surface area contributed by atoms with Gasteiger partial charge in [-0.05, 0) is 29.8 Å². The first-order valence-corrected chi connectivity index (χ1v) is 11.4. The standard InChI is InChI=1S/C22H22FN3OS2.ClH/c23-17-6-8-18(9-7-17)28-13-11-21(27)25-22-24-19-10-12-26(15-20(19)29-22)14-16-4-2-1-3-5-16;/h1-9H,10-15H2,(H,24,25,27);1H. The van der Waals surface area contributed by atoms with E-state index in [4.69, 9.17) is 0 Å². The van der Waals surface area contributed by atoms with Crippen LogP contribution in [-0.2, 0) is 24.3 Å². The summed E-state index contributed by atoms with van der Waals surface area (Å²) < 4.78 is 12.9. The van der Waals surface area contributed by atoms with Crippen LogP contribution in [0.1, 0.15) is 22.6 Å². The second-order valence-electron chi connectivity index (χ2n) is 6.94. The molecule has 3 aromatic rings. The van der Waals surface area contributed by atoms with Gasteiger partial charge in [-0.25, -0.2) is 9.37 Å². The number of anilines is 1. The van der Waals surface area contributed by atoms with Crippen molar-refractivity contribution in [2.45, 2.75) is 30.8 Å². The highest BCUT2D eigenvalue weighted by atomic mass is 35.5. The maximum absolute atomic E-state index is 12.9. The molecule has 0 saturated carbocycles. The summed E-state index contributed by atoms with van der Waals surface area (Å²) in [5, 5.41) is 3.62. The van der Waals surface area contributed by atoms with Crippen molar-refractivity contribution in [3.05, 3.63) is 76.5 Å². The molecule has 2 heterocycles. The fraction of sp³-hybridized carbons (Fsp3) is 0.273. The lowest BCUT2D eigenvalue weighted by Crippen LogP contribution is -2.29. The molecule has 0 spiro atoms. The molecule has 1 aromatic heterocycles. The van der Waals surface area contributed by atoms with Crippen molar-refractivity contribution in [3.63, 3.8) is 0 Å². The van der Waals surface area contributed by atoms with Crippen LogP contribution in [0.15, 0.2) is 59.5 Å². The molecule has 0 fully saturated rings. The lowest BCUT2D eigenvalue weighted by atomic mass is 10.1. The largest absolute Gasteiger partial charge is 0.302 e. The van der Waals surface area contributed by atoms with E-state index in [9.17, 15) is 9.18 Å². The van der Waals surface area contributed by atoms with Crippen molar-refractivity contribution >= 4 is 46.5 Å². The van der Waals surface area contributed by atoms with Gasteiger partial charge in [-0.2, -0.15) is 0 Å². The number of fused-ring (bicyclic) bond motifs is 1. The van der Waals surface area contributed by atoms with Gasteiger partial charge in [0.2, 0.25) is 5.91 Å². The summed E-state index contributed by atoms with van der Waals surface area (Å²) in [5.74, 6) is 0.363. The van der Waals surface area contributed by atoms with E-state index in [1.54, 1.807) is 35.2 Å². The van der Waals surface area contributed by atoms with Crippen LogP contribution in [0.25, 0.3) is 0 Å². The highest BCUT2D eigenvalue weighted by Crippen LogP contribution is 2.29. The first-order chi connectivity index (χ1) is 14.2. The summed E-state index contributed by atoms with van der Waals surface area (Å²) in [7, 11) is 0. The minimum absolute atomic E-state index is 0. The number of rotatable bonds is 7. The van der Waals surface area contributed by atoms with E-state index in [0.29, 0.717) is 17.3 Å². The zero-order valence-electron chi connectivity index (χ0n) is 16.3. The van der Waals surface area contributed by atoms with Crippen molar-refractivity contribution in [3.8, 4) is 0 Å². The van der Waals surface area contributed by atoms with Gasteiger partial charge in [0, 0.05) is 48.0 Å². The maximum Gasteiger partial charge on any atom is 0.226 e. The second-order valence-corrected chi connectivity index (χ2v) is 9.19. The number of benzene rings is 2. The lowest BCUT2D eigenvalue weighted by Gasteiger charge is -2.25. The first-order valence-electron chi connectivity index (χ1n) is 9.59. The third kappa shape index (κ3) is 6.28. The second kappa shape index (κ2) is 10.9. The van der Waals surface area contributed by atoms with Gasteiger partial charge in [0.05, 0.1) is 5.69 Å². The van der Waals surface area contributed by atoms with Gasteiger partial charge in [-0.15, -0.1) is 35.5 Å². The average Bonchev–Trinajstić information content (AvgIpc) is 3.11. The number of thiazole rings is 1. The van der Waals surface area contributed by atoms with Crippen LogP contribution in [0, 0.1) is 5.82 Å². The lowest BCUT2D eigenvalue weighted by molar-refractivity contribution is -0.115. The minimum Gasteiger partial charge on any atom is -0.302 e. The smallest absolute Gasteiger partial charge is 0.226 e. The Morgan fingerprint density at radius 3 is 2.70 bits per heavy atom. The molecule has 4 rings (SSSR count). The highest BCUT2D eigenvalue weighted by Gasteiger charge is 2.21. The van der Waals surface area contributed by atoms with Gasteiger partial charge >= 0.3 is 0 Å². The third-order valence-electron chi connectivity index (χ3n) is 4.72. The van der Waals surface area contributed by atoms with Crippen LogP contribution in [-0.4, -0.2) is 28.1 Å². The molecule has 0 bridgehead atoms. The van der Waals surface area contributed by atoms with Crippen molar-refractivity contribution in [1.82, 2.24) is 9.88 Å². The highest BCUT2D eigenvalue weighted by molar-refractivity contribution is 7.99. The number of nitrogens with one attached hydrogen (secondary N) is 1. The number of hydrogen-bond donors (Lipinski definition) is 1. The van der Waals surface area contributed by atoms with Crippen molar-refractivity contribution in [2.24, 2.45) is 0 Å². The molecule has 4 nitrogen and oxygen atoms in total. The summed E-state index contributed by atoms with van der Waals surface area (Å²) in [6.07, 6.45) is 1.31. The average molecular weight is 464 g/mol. The topological polar surface area (TPSA) is 45.2 Å². The van der Waals surface area contributed by atoms with E-state index in [1.165, 1.54) is 22.6 Å². The monoisotopic (exact) mass is 463 g/mol. The number of hydrogen-bond acceptors (Lipinski definition) is 5. The molecule has 158 valence electrons. The normalized spacial score (nSPS) is 13.4. The molecule has 1 amide bonds. The number of amides is 1. The van der Waals surface area contributed by atoms with E-state index in [2.05, 4.69) is 39.5 Å². The summed E-state index contributed by atoms with van der Waals surface area (Å²) >= 11 is 3.12. The summed E-state index contributed by atoms with van der Waals surface area (Å²) in [5.41, 5.74) is 2.42. The van der Waals surface area contributed by atoms with Crippen LogP contribution in [0.2, 0.25) is 0 Å². The molecular formula is C22H23ClFN3OS2. The predicted molar refractivity (Wildman–Crippen MR) is 124 cm³/mol.